The van der Waals surface area contributed by atoms with Crippen molar-refractivity contribution in [2.75, 3.05) is 17.6 Å². The number of benzene rings is 1. The Morgan fingerprint density at radius 2 is 1.79 bits per heavy atom. The van der Waals surface area contributed by atoms with E-state index >= 15 is 0 Å². The topological polar surface area (TPSA) is 194 Å². The van der Waals surface area contributed by atoms with Crippen LogP contribution in [0.3, 0.4) is 0 Å². The molecule has 0 unspecified atom stereocenters. The smallest absolute Gasteiger partial charge is 0.397 e. The van der Waals surface area contributed by atoms with Crippen LogP contribution in [0, 0.1) is 0 Å². The molecule has 18 heteroatoms. The monoisotopic (exact) mass is 686 g/mol. The van der Waals surface area contributed by atoms with Crippen LogP contribution < -0.4 is 27.0 Å². The van der Waals surface area contributed by atoms with E-state index in [0.717, 1.165) is 17.1 Å². The summed E-state index contributed by atoms with van der Waals surface area (Å²) in [4.78, 5) is 46.4. The number of aliphatic hydroxyl groups is 1. The van der Waals surface area contributed by atoms with Crippen LogP contribution in [0.4, 0.5) is 24.5 Å². The maximum atomic E-state index is 14.0. The second kappa shape index (κ2) is 12.9. The second-order valence-corrected chi connectivity index (χ2v) is 12.1. The highest BCUT2D eigenvalue weighted by atomic mass is 35.5. The van der Waals surface area contributed by atoms with Crippen LogP contribution in [0.2, 0.25) is 5.02 Å². The molecular weight excluding hydrogens is 657 g/mol. The summed E-state index contributed by atoms with van der Waals surface area (Å²) in [5, 5.41) is 24.7. The molecule has 1 aliphatic carbocycles. The van der Waals surface area contributed by atoms with Crippen molar-refractivity contribution in [1.29, 1.82) is 0 Å². The number of carbonyl (C=O) groups is 3. The molecule has 3 amide bonds. The molecule has 2 fully saturated rings. The fraction of sp³-hybridized carbons (Fsp3) is 0.333. The van der Waals surface area contributed by atoms with Gasteiger partial charge in [-0.25, -0.2) is 14.6 Å². The highest BCUT2D eigenvalue weighted by molar-refractivity contribution is 6.34. The molecule has 1 aromatic carbocycles. The van der Waals surface area contributed by atoms with Crippen molar-refractivity contribution in [3.8, 4) is 17.1 Å². The van der Waals surface area contributed by atoms with Crippen molar-refractivity contribution in [3.63, 3.8) is 0 Å². The number of hydrogen-bond donors (Lipinski definition) is 6. The van der Waals surface area contributed by atoms with Gasteiger partial charge in [-0.1, -0.05) is 11.6 Å². The van der Waals surface area contributed by atoms with Crippen LogP contribution in [0.5, 0.6) is 0 Å². The van der Waals surface area contributed by atoms with E-state index in [-0.39, 0.29) is 57.2 Å². The molecule has 1 aliphatic heterocycles. The van der Waals surface area contributed by atoms with E-state index in [0.29, 0.717) is 31.5 Å². The number of halogens is 4. The first-order chi connectivity index (χ1) is 22.8. The van der Waals surface area contributed by atoms with Crippen LogP contribution in [-0.2, 0) is 18.0 Å². The maximum Gasteiger partial charge on any atom is 0.435 e. The Labute approximate surface area is 275 Å². The third kappa shape index (κ3) is 6.83. The fourth-order valence-corrected chi connectivity index (χ4v) is 5.86. The lowest BCUT2D eigenvalue weighted by Crippen LogP contribution is -2.56. The van der Waals surface area contributed by atoms with Crippen LogP contribution in [-0.4, -0.2) is 77.9 Å². The van der Waals surface area contributed by atoms with Gasteiger partial charge in [0.1, 0.15) is 0 Å². The van der Waals surface area contributed by atoms with Gasteiger partial charge in [0.25, 0.3) is 11.8 Å². The molecule has 252 valence electrons. The summed E-state index contributed by atoms with van der Waals surface area (Å²) in [6.45, 7) is 0.374. The number of alkyl halides is 3. The molecule has 0 bridgehead atoms. The Morgan fingerprint density at radius 3 is 2.44 bits per heavy atom. The lowest BCUT2D eigenvalue weighted by Gasteiger charge is -2.36. The minimum atomic E-state index is -4.82. The lowest BCUT2D eigenvalue weighted by molar-refractivity contribution is -0.140. The fourth-order valence-electron chi connectivity index (χ4n) is 5.59. The van der Waals surface area contributed by atoms with Gasteiger partial charge < -0.3 is 36.7 Å². The second-order valence-electron chi connectivity index (χ2n) is 11.7. The summed E-state index contributed by atoms with van der Waals surface area (Å²) in [7, 11) is 1.39. The highest BCUT2D eigenvalue weighted by Gasteiger charge is 2.39. The number of β-amino-alcohol motifs (C(OH)–C–C–N with tert-alkyl or cyclic N) is 1. The van der Waals surface area contributed by atoms with Crippen LogP contribution in [0.1, 0.15) is 45.9 Å². The third-order valence-corrected chi connectivity index (χ3v) is 8.48. The van der Waals surface area contributed by atoms with Crippen molar-refractivity contribution in [1.82, 2.24) is 40.3 Å². The number of nitrogen functional groups attached to an aromatic ring is 1. The van der Waals surface area contributed by atoms with Crippen LogP contribution >= 0.6 is 11.6 Å². The number of aromatic nitrogens is 5. The molecule has 3 aromatic heterocycles. The Hall–Kier alpha value is -5.00. The zero-order valence-corrected chi connectivity index (χ0v) is 26.0. The predicted molar refractivity (Wildman–Crippen MR) is 167 cm³/mol. The summed E-state index contributed by atoms with van der Waals surface area (Å²) in [5.41, 5.74) is 4.81. The van der Waals surface area contributed by atoms with E-state index in [4.69, 9.17) is 17.3 Å². The minimum Gasteiger partial charge on any atom is -0.397 e. The Kier molecular flexibility index (Phi) is 8.84. The van der Waals surface area contributed by atoms with E-state index in [2.05, 4.69) is 36.3 Å². The minimum absolute atomic E-state index is 0.0222. The first-order valence-corrected chi connectivity index (χ1v) is 15.2. The molecule has 0 radical (unpaired) electrons. The summed E-state index contributed by atoms with van der Waals surface area (Å²) in [5.74, 6) is -1.44. The predicted octanol–water partition coefficient (Wildman–Crippen LogP) is 2.27. The SMILES string of the molecule is Cn1c(-c2cn(-c3ccc(N)cn3)nc2C(F)(F)F)cnc1C(=O)Nc1ccc(C(=O)N[C@H]2C[C@@H](NC(=O)[C@@H]3C[C@@H](O)CN3)C2)c(Cl)c1. The van der Waals surface area contributed by atoms with Gasteiger partial charge in [-0.2, -0.15) is 18.3 Å². The molecule has 7 N–H and O–H groups in total. The van der Waals surface area contributed by atoms with Gasteiger partial charge >= 0.3 is 6.18 Å². The molecule has 48 heavy (non-hydrogen) atoms. The van der Waals surface area contributed by atoms with Crippen molar-refractivity contribution in [3.05, 3.63) is 71.0 Å². The number of nitrogens with two attached hydrogens (primary N) is 1. The maximum absolute atomic E-state index is 14.0. The number of nitrogens with one attached hydrogen (secondary N) is 4. The summed E-state index contributed by atoms with van der Waals surface area (Å²) < 4.78 is 44.1. The van der Waals surface area contributed by atoms with Gasteiger partial charge in [0.15, 0.2) is 17.3 Å². The standard InChI is InChI=1S/C30H30ClF3N10O4/c1-43-23(20-13-44(42-25(20)30(32,33)34)24-5-2-14(35)10-37-24)12-38-26(43)29(48)39-15-3-4-19(21(31)8-15)27(46)40-16-6-17(7-16)41-28(47)22-9-18(45)11-36-22/h2-5,8,10,12-13,16-18,22,36,45H,6-7,9,11,35H2,1H3,(H,39,48)(H,40,46)(H,41,47)/t16-,17+,18-,22+/m1/s1. The number of amides is 3. The molecule has 1 saturated carbocycles. The van der Waals surface area contributed by atoms with Crippen molar-refractivity contribution in [2.45, 2.75) is 49.7 Å². The summed E-state index contributed by atoms with van der Waals surface area (Å²) in [6, 6.07) is 6.45. The first-order valence-electron chi connectivity index (χ1n) is 14.8. The van der Waals surface area contributed by atoms with Gasteiger partial charge in [-0.3, -0.25) is 14.4 Å². The molecule has 6 rings (SSSR count). The molecular formula is C30H30ClF3N10O4. The summed E-state index contributed by atoms with van der Waals surface area (Å²) in [6.07, 6.45) is -0.369. The van der Waals surface area contributed by atoms with Gasteiger partial charge in [0, 0.05) is 37.6 Å². The lowest BCUT2D eigenvalue weighted by atomic mass is 9.86. The Morgan fingerprint density at radius 1 is 1.04 bits per heavy atom. The number of nitrogens with zero attached hydrogens (tertiary/aromatic N) is 5. The zero-order valence-electron chi connectivity index (χ0n) is 25.3. The average molecular weight is 687 g/mol. The molecule has 0 spiro atoms. The van der Waals surface area contributed by atoms with E-state index in [1.807, 2.05) is 0 Å². The molecule has 2 atom stereocenters. The van der Waals surface area contributed by atoms with Crippen LogP contribution in [0.25, 0.3) is 17.1 Å². The molecule has 4 aromatic rings. The number of pyridine rings is 1. The quantitative estimate of drug-likeness (QED) is 0.161. The highest BCUT2D eigenvalue weighted by Crippen LogP contribution is 2.37. The third-order valence-electron chi connectivity index (χ3n) is 8.17. The zero-order chi connectivity index (χ0) is 34.3. The van der Waals surface area contributed by atoms with Gasteiger partial charge in [0.2, 0.25) is 5.91 Å². The molecule has 2 aliphatic rings. The van der Waals surface area contributed by atoms with Gasteiger partial charge in [0.05, 0.1) is 52.1 Å². The number of rotatable bonds is 8. The van der Waals surface area contributed by atoms with Crippen molar-refractivity contribution >= 4 is 40.7 Å². The summed E-state index contributed by atoms with van der Waals surface area (Å²) >= 11 is 6.37. The number of anilines is 2. The first kappa shape index (κ1) is 32.9. The Bertz CT molecular complexity index is 1870. The van der Waals surface area contributed by atoms with Crippen molar-refractivity contribution < 1.29 is 32.7 Å². The molecule has 1 saturated heterocycles. The van der Waals surface area contributed by atoms with E-state index in [1.54, 1.807) is 0 Å². The van der Waals surface area contributed by atoms with Crippen molar-refractivity contribution in [2.24, 2.45) is 7.05 Å². The van der Waals surface area contributed by atoms with Gasteiger partial charge in [-0.05, 0) is 49.6 Å². The number of aliphatic hydroxyl groups excluding tert-OH is 1. The normalized spacial score (nSPS) is 20.6. The molecule has 4 heterocycles. The van der Waals surface area contributed by atoms with E-state index in [1.165, 1.54) is 48.1 Å². The number of carbonyl (C=O) groups excluding carboxylic acids is 3. The van der Waals surface area contributed by atoms with Crippen LogP contribution in [0.15, 0.2) is 48.9 Å². The largest absolute Gasteiger partial charge is 0.435 e. The number of hydrogen-bond acceptors (Lipinski definition) is 9. The van der Waals surface area contributed by atoms with E-state index < -0.39 is 35.8 Å². The average Bonchev–Trinajstić information content (AvgIpc) is 3.74. The number of imidazole rings is 1. The van der Waals surface area contributed by atoms with Gasteiger partial charge in [-0.15, -0.1) is 0 Å². The Balaban J connectivity index is 1.09. The van der Waals surface area contributed by atoms with E-state index in [9.17, 15) is 32.7 Å². The molecule has 14 nitrogen and oxygen atoms in total.